The van der Waals surface area contributed by atoms with Crippen LogP contribution in [0, 0.1) is 5.41 Å². The van der Waals surface area contributed by atoms with E-state index in [1.165, 1.54) is 11.3 Å². The predicted molar refractivity (Wildman–Crippen MR) is 57.0 cm³/mol. The van der Waals surface area contributed by atoms with E-state index in [9.17, 15) is 4.79 Å². The number of halogens is 1. The van der Waals surface area contributed by atoms with Crippen LogP contribution in [0.4, 0.5) is 0 Å². The van der Waals surface area contributed by atoms with Crippen LogP contribution in [-0.4, -0.2) is 19.5 Å². The number of rotatable bonds is 3. The van der Waals surface area contributed by atoms with Crippen molar-refractivity contribution in [3.05, 3.63) is 21.3 Å². The van der Waals surface area contributed by atoms with Gasteiger partial charge in [-0.25, -0.2) is 0 Å². The second-order valence-corrected chi connectivity index (χ2v) is 5.26. The van der Waals surface area contributed by atoms with Crippen molar-refractivity contribution in [1.82, 2.24) is 0 Å². The maximum atomic E-state index is 11.0. The van der Waals surface area contributed by atoms with Gasteiger partial charge in [0.05, 0.1) is 16.4 Å². The van der Waals surface area contributed by atoms with Crippen LogP contribution in [-0.2, 0) is 16.0 Å². The molecule has 1 saturated heterocycles. The summed E-state index contributed by atoms with van der Waals surface area (Å²) < 4.78 is 6.05. The van der Waals surface area contributed by atoms with Gasteiger partial charge in [-0.2, -0.15) is 0 Å². The van der Waals surface area contributed by atoms with E-state index in [1.807, 2.05) is 11.4 Å². The van der Waals surface area contributed by atoms with Gasteiger partial charge in [0.2, 0.25) is 0 Å². The topological polar surface area (TPSA) is 26.3 Å². The second-order valence-electron chi connectivity index (χ2n) is 3.72. The van der Waals surface area contributed by atoms with Crippen LogP contribution < -0.4 is 0 Å². The Hall–Kier alpha value is -0.380. The first-order valence-corrected chi connectivity index (χ1v) is 5.77. The molecule has 0 spiro atoms. The SMILES string of the molecule is O=CC1(Cc2csc(Cl)c2)CCOC1. The van der Waals surface area contributed by atoms with Crippen molar-refractivity contribution in [3.63, 3.8) is 0 Å². The molecule has 0 aliphatic carbocycles. The summed E-state index contributed by atoms with van der Waals surface area (Å²) in [4.78, 5) is 11.0. The van der Waals surface area contributed by atoms with Crippen molar-refractivity contribution in [1.29, 1.82) is 0 Å². The molecule has 0 aromatic carbocycles. The molecule has 1 aromatic heterocycles. The number of hydrogen-bond acceptors (Lipinski definition) is 3. The Bertz CT molecular complexity index is 329. The summed E-state index contributed by atoms with van der Waals surface area (Å²) in [6.45, 7) is 1.24. The molecular formula is C10H11ClO2S. The summed E-state index contributed by atoms with van der Waals surface area (Å²) in [5.74, 6) is 0. The molecule has 0 bridgehead atoms. The van der Waals surface area contributed by atoms with E-state index in [1.54, 1.807) is 0 Å². The zero-order valence-electron chi connectivity index (χ0n) is 7.66. The zero-order chi connectivity index (χ0) is 10.0. The molecule has 2 rings (SSSR count). The Balaban J connectivity index is 2.11. The fourth-order valence-electron chi connectivity index (χ4n) is 1.74. The molecular weight excluding hydrogens is 220 g/mol. The summed E-state index contributed by atoms with van der Waals surface area (Å²) in [6, 6.07) is 1.93. The average Bonchev–Trinajstić information content (AvgIpc) is 2.77. The molecule has 2 heterocycles. The van der Waals surface area contributed by atoms with Crippen molar-refractivity contribution < 1.29 is 9.53 Å². The van der Waals surface area contributed by atoms with Gasteiger partial charge in [0.1, 0.15) is 6.29 Å². The first-order chi connectivity index (χ1) is 6.74. The van der Waals surface area contributed by atoms with Gasteiger partial charge in [-0.1, -0.05) is 11.6 Å². The molecule has 0 amide bonds. The molecule has 4 heteroatoms. The lowest BCUT2D eigenvalue weighted by atomic mass is 9.83. The predicted octanol–water partition coefficient (Wildman–Crippen LogP) is 2.55. The highest BCUT2D eigenvalue weighted by atomic mass is 35.5. The quantitative estimate of drug-likeness (QED) is 0.746. The smallest absolute Gasteiger partial charge is 0.128 e. The number of carbonyl (C=O) groups is 1. The molecule has 1 fully saturated rings. The third-order valence-electron chi connectivity index (χ3n) is 2.56. The van der Waals surface area contributed by atoms with E-state index in [0.717, 1.165) is 29.0 Å². The Morgan fingerprint density at radius 2 is 2.57 bits per heavy atom. The average molecular weight is 231 g/mol. The Morgan fingerprint density at radius 1 is 1.71 bits per heavy atom. The molecule has 0 radical (unpaired) electrons. The van der Waals surface area contributed by atoms with Crippen LogP contribution in [0.25, 0.3) is 0 Å². The lowest BCUT2D eigenvalue weighted by molar-refractivity contribution is -0.116. The van der Waals surface area contributed by atoms with Crippen molar-refractivity contribution in [2.45, 2.75) is 12.8 Å². The molecule has 2 nitrogen and oxygen atoms in total. The number of ether oxygens (including phenoxy) is 1. The molecule has 14 heavy (non-hydrogen) atoms. The van der Waals surface area contributed by atoms with Crippen LogP contribution in [0.5, 0.6) is 0 Å². The number of aldehydes is 1. The summed E-state index contributed by atoms with van der Waals surface area (Å²) in [6.07, 6.45) is 2.61. The summed E-state index contributed by atoms with van der Waals surface area (Å²) in [7, 11) is 0. The van der Waals surface area contributed by atoms with Gasteiger partial charge in [-0.15, -0.1) is 11.3 Å². The fraction of sp³-hybridized carbons (Fsp3) is 0.500. The van der Waals surface area contributed by atoms with Crippen LogP contribution in [0.2, 0.25) is 4.34 Å². The molecule has 1 aromatic rings. The summed E-state index contributed by atoms with van der Waals surface area (Å²) >= 11 is 7.34. The van der Waals surface area contributed by atoms with Crippen molar-refractivity contribution >= 4 is 29.2 Å². The minimum absolute atomic E-state index is 0.301. The normalized spacial score (nSPS) is 26.6. The second kappa shape index (κ2) is 4.01. The van der Waals surface area contributed by atoms with Gasteiger partial charge in [0.15, 0.2) is 0 Å². The monoisotopic (exact) mass is 230 g/mol. The highest BCUT2D eigenvalue weighted by molar-refractivity contribution is 7.14. The van der Waals surface area contributed by atoms with Gasteiger partial charge in [0.25, 0.3) is 0 Å². The minimum atomic E-state index is -0.301. The van der Waals surface area contributed by atoms with Crippen LogP contribution >= 0.6 is 22.9 Å². The number of carbonyl (C=O) groups excluding carboxylic acids is 1. The van der Waals surface area contributed by atoms with E-state index in [4.69, 9.17) is 16.3 Å². The van der Waals surface area contributed by atoms with Crippen LogP contribution in [0.1, 0.15) is 12.0 Å². The van der Waals surface area contributed by atoms with Gasteiger partial charge in [-0.05, 0) is 29.9 Å². The Morgan fingerprint density at radius 3 is 3.07 bits per heavy atom. The first-order valence-electron chi connectivity index (χ1n) is 4.51. The van der Waals surface area contributed by atoms with E-state index in [-0.39, 0.29) is 5.41 Å². The van der Waals surface area contributed by atoms with Gasteiger partial charge < -0.3 is 9.53 Å². The largest absolute Gasteiger partial charge is 0.380 e. The fourth-order valence-corrected chi connectivity index (χ4v) is 2.65. The maximum Gasteiger partial charge on any atom is 0.128 e. The van der Waals surface area contributed by atoms with Gasteiger partial charge in [0, 0.05) is 6.61 Å². The minimum Gasteiger partial charge on any atom is -0.380 e. The highest BCUT2D eigenvalue weighted by Crippen LogP contribution is 2.32. The first kappa shape index (κ1) is 10.1. The van der Waals surface area contributed by atoms with Crippen molar-refractivity contribution in [2.24, 2.45) is 5.41 Å². The van der Waals surface area contributed by atoms with Crippen LogP contribution in [0.15, 0.2) is 11.4 Å². The van der Waals surface area contributed by atoms with E-state index in [2.05, 4.69) is 0 Å². The van der Waals surface area contributed by atoms with Crippen molar-refractivity contribution in [3.8, 4) is 0 Å². The van der Waals surface area contributed by atoms with E-state index < -0.39 is 0 Å². The standard InChI is InChI=1S/C10H11ClO2S/c11-9-3-8(5-14-9)4-10(6-12)1-2-13-7-10/h3,5-6H,1-2,4,7H2. The van der Waals surface area contributed by atoms with E-state index in [0.29, 0.717) is 13.2 Å². The highest BCUT2D eigenvalue weighted by Gasteiger charge is 2.34. The lowest BCUT2D eigenvalue weighted by Gasteiger charge is -2.18. The zero-order valence-corrected chi connectivity index (χ0v) is 9.24. The van der Waals surface area contributed by atoms with Gasteiger partial charge >= 0.3 is 0 Å². The van der Waals surface area contributed by atoms with Gasteiger partial charge in [-0.3, -0.25) is 0 Å². The number of hydrogen-bond donors (Lipinski definition) is 0. The van der Waals surface area contributed by atoms with Crippen LogP contribution in [0.3, 0.4) is 0 Å². The van der Waals surface area contributed by atoms with Crippen molar-refractivity contribution in [2.75, 3.05) is 13.2 Å². The Kier molecular flexibility index (Phi) is 2.91. The lowest BCUT2D eigenvalue weighted by Crippen LogP contribution is -2.25. The Labute approximate surface area is 91.8 Å². The number of thiophene rings is 1. The molecule has 1 aliphatic rings. The molecule has 1 atom stereocenters. The molecule has 1 unspecified atom stereocenters. The summed E-state index contributed by atoms with van der Waals surface area (Å²) in [5, 5.41) is 2.01. The molecule has 76 valence electrons. The molecule has 0 N–H and O–H groups in total. The van der Waals surface area contributed by atoms with E-state index >= 15 is 0 Å². The molecule has 1 aliphatic heterocycles. The third-order valence-corrected chi connectivity index (χ3v) is 3.70. The summed E-state index contributed by atoms with van der Waals surface area (Å²) in [5.41, 5.74) is 0.835. The third kappa shape index (κ3) is 2.00. The maximum absolute atomic E-state index is 11.0. The molecule has 0 saturated carbocycles.